The van der Waals surface area contributed by atoms with Crippen molar-refractivity contribution in [3.05, 3.63) is 47.9 Å². The Bertz CT molecular complexity index is 567. The highest BCUT2D eigenvalue weighted by Crippen LogP contribution is 2.18. The van der Waals surface area contributed by atoms with Crippen LogP contribution in [-0.2, 0) is 16.0 Å². The first kappa shape index (κ1) is 12.2. The van der Waals surface area contributed by atoms with E-state index >= 15 is 0 Å². The van der Waals surface area contributed by atoms with Gasteiger partial charge in [0.15, 0.2) is 0 Å². The molecule has 0 bridgehead atoms. The molecule has 0 radical (unpaired) electrons. The first-order valence-corrected chi connectivity index (χ1v) is 5.64. The summed E-state index contributed by atoms with van der Waals surface area (Å²) in [6.07, 6.45) is 3.71. The van der Waals surface area contributed by atoms with Crippen LogP contribution in [0.1, 0.15) is 11.3 Å². The van der Waals surface area contributed by atoms with Gasteiger partial charge in [0.05, 0.1) is 19.2 Å². The van der Waals surface area contributed by atoms with Crippen LogP contribution in [0.5, 0.6) is 0 Å². The fraction of sp³-hybridized carbons (Fsp3) is 0.214. The topological polar surface area (TPSA) is 52.1 Å². The Morgan fingerprint density at radius 2 is 2.00 bits per heavy atom. The molecule has 0 saturated heterocycles. The minimum absolute atomic E-state index is 0.252. The lowest BCUT2D eigenvalue weighted by Gasteiger charge is -2.04. The number of hydrogen-bond donors (Lipinski definition) is 0. The van der Waals surface area contributed by atoms with Gasteiger partial charge in [-0.3, -0.25) is 14.8 Å². The van der Waals surface area contributed by atoms with Crippen LogP contribution in [0.3, 0.4) is 0 Å². The summed E-state index contributed by atoms with van der Waals surface area (Å²) in [6.45, 7) is 1.93. The number of pyridine rings is 2. The molecule has 0 aliphatic rings. The van der Waals surface area contributed by atoms with Gasteiger partial charge in [0.25, 0.3) is 0 Å². The van der Waals surface area contributed by atoms with Gasteiger partial charge < -0.3 is 4.74 Å². The number of carbonyl (C=O) groups is 1. The van der Waals surface area contributed by atoms with Crippen molar-refractivity contribution >= 4 is 5.97 Å². The van der Waals surface area contributed by atoms with E-state index < -0.39 is 0 Å². The van der Waals surface area contributed by atoms with Crippen LogP contribution in [0.15, 0.2) is 36.7 Å². The van der Waals surface area contributed by atoms with E-state index in [0.717, 1.165) is 22.5 Å². The molecular formula is C14H14N2O2. The zero-order valence-electron chi connectivity index (χ0n) is 10.4. The van der Waals surface area contributed by atoms with E-state index in [1.165, 1.54) is 7.11 Å². The summed E-state index contributed by atoms with van der Waals surface area (Å²) in [7, 11) is 1.39. The summed E-state index contributed by atoms with van der Waals surface area (Å²) >= 11 is 0. The van der Waals surface area contributed by atoms with E-state index in [-0.39, 0.29) is 12.4 Å². The van der Waals surface area contributed by atoms with Crippen LogP contribution in [0.4, 0.5) is 0 Å². The SMILES string of the molecule is COC(=O)Cc1ccnc(-c2ccnc(C)c2)c1. The summed E-state index contributed by atoms with van der Waals surface area (Å²) in [4.78, 5) is 19.7. The maximum absolute atomic E-state index is 11.2. The lowest BCUT2D eigenvalue weighted by atomic mass is 10.1. The highest BCUT2D eigenvalue weighted by Gasteiger charge is 2.05. The minimum Gasteiger partial charge on any atom is -0.469 e. The molecule has 0 atom stereocenters. The van der Waals surface area contributed by atoms with Gasteiger partial charge in [-0.05, 0) is 36.8 Å². The van der Waals surface area contributed by atoms with Crippen LogP contribution < -0.4 is 0 Å². The molecule has 4 heteroatoms. The molecule has 2 aromatic rings. The number of hydrogen-bond acceptors (Lipinski definition) is 4. The molecule has 2 heterocycles. The second-order valence-corrected chi connectivity index (χ2v) is 3.99. The smallest absolute Gasteiger partial charge is 0.309 e. The van der Waals surface area contributed by atoms with Gasteiger partial charge in [0.1, 0.15) is 0 Å². The Balaban J connectivity index is 2.29. The number of esters is 1. The molecule has 0 saturated carbocycles. The molecule has 0 aliphatic heterocycles. The second-order valence-electron chi connectivity index (χ2n) is 3.99. The van der Waals surface area contributed by atoms with Crippen LogP contribution in [-0.4, -0.2) is 23.0 Å². The van der Waals surface area contributed by atoms with Crippen molar-refractivity contribution in [1.29, 1.82) is 0 Å². The van der Waals surface area contributed by atoms with Gasteiger partial charge in [0, 0.05) is 23.7 Å². The van der Waals surface area contributed by atoms with Crippen molar-refractivity contribution in [3.8, 4) is 11.3 Å². The third-order valence-electron chi connectivity index (χ3n) is 2.59. The molecule has 0 N–H and O–H groups in total. The largest absolute Gasteiger partial charge is 0.469 e. The summed E-state index contributed by atoms with van der Waals surface area (Å²) in [5.74, 6) is -0.252. The molecular weight excluding hydrogens is 228 g/mol. The molecule has 0 unspecified atom stereocenters. The fourth-order valence-corrected chi connectivity index (χ4v) is 1.69. The molecule has 0 fully saturated rings. The normalized spacial score (nSPS) is 10.1. The zero-order chi connectivity index (χ0) is 13.0. The summed E-state index contributed by atoms with van der Waals surface area (Å²) in [6, 6.07) is 7.57. The number of rotatable bonds is 3. The van der Waals surface area contributed by atoms with Gasteiger partial charge in [-0.1, -0.05) is 0 Å². The highest BCUT2D eigenvalue weighted by molar-refractivity contribution is 5.73. The van der Waals surface area contributed by atoms with Gasteiger partial charge in [-0.25, -0.2) is 0 Å². The van der Waals surface area contributed by atoms with Gasteiger partial charge >= 0.3 is 5.97 Å². The third-order valence-corrected chi connectivity index (χ3v) is 2.59. The minimum atomic E-state index is -0.252. The molecule has 18 heavy (non-hydrogen) atoms. The molecule has 4 nitrogen and oxygen atoms in total. The number of methoxy groups -OCH3 is 1. The average Bonchev–Trinajstić information content (AvgIpc) is 2.39. The molecule has 92 valence electrons. The van der Waals surface area contributed by atoms with Gasteiger partial charge in [0.2, 0.25) is 0 Å². The fourth-order valence-electron chi connectivity index (χ4n) is 1.69. The number of nitrogens with zero attached hydrogens (tertiary/aromatic N) is 2. The molecule has 2 aromatic heterocycles. The molecule has 0 spiro atoms. The number of aromatic nitrogens is 2. The van der Waals surface area contributed by atoms with Gasteiger partial charge in [-0.15, -0.1) is 0 Å². The van der Waals surface area contributed by atoms with E-state index in [1.807, 2.05) is 31.2 Å². The maximum Gasteiger partial charge on any atom is 0.309 e. The predicted molar refractivity (Wildman–Crippen MR) is 67.9 cm³/mol. The Morgan fingerprint density at radius 3 is 2.72 bits per heavy atom. The molecule has 0 amide bonds. The van der Waals surface area contributed by atoms with Crippen molar-refractivity contribution < 1.29 is 9.53 Å². The quantitative estimate of drug-likeness (QED) is 0.774. The standard InChI is InChI=1S/C14H14N2O2/c1-10-7-12(4-6-15-10)13-8-11(3-5-16-13)9-14(17)18-2/h3-8H,9H2,1-2H3. The van der Waals surface area contributed by atoms with Crippen molar-refractivity contribution in [2.45, 2.75) is 13.3 Å². The highest BCUT2D eigenvalue weighted by atomic mass is 16.5. The monoisotopic (exact) mass is 242 g/mol. The first-order valence-electron chi connectivity index (χ1n) is 5.64. The van der Waals surface area contributed by atoms with Crippen molar-refractivity contribution in [3.63, 3.8) is 0 Å². The van der Waals surface area contributed by atoms with Crippen molar-refractivity contribution in [2.75, 3.05) is 7.11 Å². The van der Waals surface area contributed by atoms with Gasteiger partial charge in [-0.2, -0.15) is 0 Å². The van der Waals surface area contributed by atoms with Crippen LogP contribution in [0.2, 0.25) is 0 Å². The first-order chi connectivity index (χ1) is 8.69. The zero-order valence-corrected chi connectivity index (χ0v) is 10.4. The van der Waals surface area contributed by atoms with Crippen LogP contribution in [0, 0.1) is 6.92 Å². The Kier molecular flexibility index (Phi) is 3.67. The van der Waals surface area contributed by atoms with E-state index in [4.69, 9.17) is 0 Å². The van der Waals surface area contributed by atoms with Crippen LogP contribution in [0.25, 0.3) is 11.3 Å². The van der Waals surface area contributed by atoms with Crippen LogP contribution >= 0.6 is 0 Å². The Morgan fingerprint density at radius 1 is 1.22 bits per heavy atom. The summed E-state index contributed by atoms with van der Waals surface area (Å²) in [5.41, 5.74) is 3.66. The lowest BCUT2D eigenvalue weighted by molar-refractivity contribution is -0.139. The molecule has 0 aromatic carbocycles. The van der Waals surface area contributed by atoms with E-state index in [9.17, 15) is 4.79 Å². The number of carbonyl (C=O) groups excluding carboxylic acids is 1. The number of ether oxygens (including phenoxy) is 1. The molecule has 0 aliphatic carbocycles. The lowest BCUT2D eigenvalue weighted by Crippen LogP contribution is -2.04. The average molecular weight is 242 g/mol. The van der Waals surface area contributed by atoms with Crippen molar-refractivity contribution in [1.82, 2.24) is 9.97 Å². The predicted octanol–water partition coefficient (Wildman–Crippen LogP) is 2.17. The summed E-state index contributed by atoms with van der Waals surface area (Å²) in [5, 5.41) is 0. The Labute approximate surface area is 106 Å². The van der Waals surface area contributed by atoms with E-state index in [1.54, 1.807) is 12.4 Å². The van der Waals surface area contributed by atoms with E-state index in [0.29, 0.717) is 0 Å². The Hall–Kier alpha value is -2.23. The second kappa shape index (κ2) is 5.40. The molecule has 2 rings (SSSR count). The van der Waals surface area contributed by atoms with E-state index in [2.05, 4.69) is 14.7 Å². The third kappa shape index (κ3) is 2.91. The maximum atomic E-state index is 11.2. The summed E-state index contributed by atoms with van der Waals surface area (Å²) < 4.78 is 4.65. The van der Waals surface area contributed by atoms with Crippen molar-refractivity contribution in [2.24, 2.45) is 0 Å². The number of aryl methyl sites for hydroxylation is 1.